The first-order valence-electron chi connectivity index (χ1n) is 3.39. The molecule has 0 aliphatic heterocycles. The van der Waals surface area contributed by atoms with Crippen molar-refractivity contribution >= 4 is 8.03 Å². The fourth-order valence-corrected chi connectivity index (χ4v) is 1.35. The van der Waals surface area contributed by atoms with Gasteiger partial charge in [-0.15, -0.1) is 0 Å². The Morgan fingerprint density at radius 1 is 1.56 bits per heavy atom. The zero-order valence-corrected chi connectivity index (χ0v) is 7.31. The van der Waals surface area contributed by atoms with Gasteiger partial charge in [-0.2, -0.15) is 0 Å². The first-order chi connectivity index (χ1) is 4.22. The predicted octanol–water partition coefficient (Wildman–Crippen LogP) is 2.30. The van der Waals surface area contributed by atoms with E-state index in [1.807, 2.05) is 20.8 Å². The van der Waals surface area contributed by atoms with Gasteiger partial charge in [0.15, 0.2) is 8.03 Å². The molecule has 2 atom stereocenters. The van der Waals surface area contributed by atoms with Crippen LogP contribution in [0, 0.1) is 0 Å². The van der Waals surface area contributed by atoms with Gasteiger partial charge in [0.1, 0.15) is 0 Å². The van der Waals surface area contributed by atoms with Crippen molar-refractivity contribution in [2.24, 2.45) is 0 Å². The van der Waals surface area contributed by atoms with E-state index in [0.717, 1.165) is 6.42 Å². The molecule has 0 bridgehead atoms. The topological polar surface area (TPSA) is 26.3 Å². The summed E-state index contributed by atoms with van der Waals surface area (Å²) in [7, 11) is -1.72. The van der Waals surface area contributed by atoms with Gasteiger partial charge in [0.25, 0.3) is 0 Å². The third-order valence-electron chi connectivity index (χ3n) is 1.30. The maximum Gasteiger partial charge on any atom is 0.194 e. The predicted molar refractivity (Wildman–Crippen MR) is 40.4 cm³/mol. The second-order valence-corrected chi connectivity index (χ2v) is 3.97. The molecule has 0 aliphatic carbocycles. The normalized spacial score (nSPS) is 17.2. The average Bonchev–Trinajstić information content (AvgIpc) is 1.87. The molecule has 0 radical (unpaired) electrons. The minimum absolute atomic E-state index is 0.245. The fraction of sp³-hybridized carbons (Fsp3) is 1.00. The Bertz CT molecular complexity index is 93.1. The van der Waals surface area contributed by atoms with Crippen molar-refractivity contribution in [1.29, 1.82) is 0 Å². The van der Waals surface area contributed by atoms with Crippen LogP contribution in [0.5, 0.6) is 0 Å². The van der Waals surface area contributed by atoms with Crippen LogP contribution in [0.25, 0.3) is 0 Å². The Kier molecular flexibility index (Phi) is 5.12. The first kappa shape index (κ1) is 9.19. The highest BCUT2D eigenvalue weighted by Crippen LogP contribution is 2.30. The van der Waals surface area contributed by atoms with Crippen LogP contribution in [-0.4, -0.2) is 12.3 Å². The molecule has 0 fully saturated rings. The lowest BCUT2D eigenvalue weighted by atomic mass is 10.4. The van der Waals surface area contributed by atoms with Gasteiger partial charge in [-0.05, 0) is 13.3 Å². The molecule has 0 heterocycles. The number of hydrogen-bond donors (Lipinski definition) is 0. The smallest absolute Gasteiger partial charge is 0.194 e. The van der Waals surface area contributed by atoms with Crippen LogP contribution in [0.3, 0.4) is 0 Å². The molecule has 0 N–H and O–H groups in total. The van der Waals surface area contributed by atoms with E-state index < -0.39 is 8.03 Å². The standard InChI is InChI=1S/C6H15O2P/c1-4-6(3)9(7)8-5-2/h6,9H,4-5H2,1-3H3. The van der Waals surface area contributed by atoms with Gasteiger partial charge in [0.05, 0.1) is 6.61 Å². The monoisotopic (exact) mass is 150 g/mol. The van der Waals surface area contributed by atoms with Crippen molar-refractivity contribution < 1.29 is 9.09 Å². The molecule has 0 saturated carbocycles. The van der Waals surface area contributed by atoms with E-state index in [9.17, 15) is 4.57 Å². The summed E-state index contributed by atoms with van der Waals surface area (Å²) in [5.41, 5.74) is 0.245. The van der Waals surface area contributed by atoms with Crippen LogP contribution in [0.1, 0.15) is 27.2 Å². The van der Waals surface area contributed by atoms with Gasteiger partial charge >= 0.3 is 0 Å². The highest BCUT2D eigenvalue weighted by atomic mass is 31.1. The molecular weight excluding hydrogens is 135 g/mol. The molecule has 0 aliphatic rings. The average molecular weight is 150 g/mol. The van der Waals surface area contributed by atoms with Gasteiger partial charge in [0.2, 0.25) is 0 Å². The summed E-state index contributed by atoms with van der Waals surface area (Å²) in [5, 5.41) is 0. The second kappa shape index (κ2) is 5.01. The Morgan fingerprint density at radius 2 is 2.11 bits per heavy atom. The van der Waals surface area contributed by atoms with Crippen molar-refractivity contribution in [2.45, 2.75) is 32.9 Å². The molecule has 2 unspecified atom stereocenters. The summed E-state index contributed by atoms with van der Waals surface area (Å²) in [4.78, 5) is 0. The van der Waals surface area contributed by atoms with Crippen LogP contribution in [0.15, 0.2) is 0 Å². The third-order valence-corrected chi connectivity index (χ3v) is 3.09. The van der Waals surface area contributed by atoms with E-state index in [1.165, 1.54) is 0 Å². The highest BCUT2D eigenvalue weighted by Gasteiger charge is 2.06. The lowest BCUT2D eigenvalue weighted by Crippen LogP contribution is -1.94. The molecule has 9 heavy (non-hydrogen) atoms. The van der Waals surface area contributed by atoms with E-state index in [-0.39, 0.29) is 5.66 Å². The molecular formula is C6H15O2P. The number of rotatable bonds is 4. The molecule has 0 rings (SSSR count). The van der Waals surface area contributed by atoms with Crippen molar-refractivity contribution in [3.05, 3.63) is 0 Å². The van der Waals surface area contributed by atoms with Crippen LogP contribution >= 0.6 is 8.03 Å². The molecule has 0 aromatic heterocycles. The molecule has 0 amide bonds. The minimum Gasteiger partial charge on any atom is -0.331 e. The van der Waals surface area contributed by atoms with Crippen LogP contribution in [0.4, 0.5) is 0 Å². The highest BCUT2D eigenvalue weighted by molar-refractivity contribution is 7.39. The van der Waals surface area contributed by atoms with Crippen molar-refractivity contribution in [3.8, 4) is 0 Å². The SMILES string of the molecule is CCO[PH](=O)C(C)CC. The lowest BCUT2D eigenvalue weighted by Gasteiger charge is -2.06. The molecule has 0 aromatic rings. The third kappa shape index (κ3) is 3.72. The molecule has 3 heteroatoms. The summed E-state index contributed by atoms with van der Waals surface area (Å²) in [6.45, 7) is 6.41. The Hall–Kier alpha value is 0.190. The number of hydrogen-bond acceptors (Lipinski definition) is 2. The van der Waals surface area contributed by atoms with E-state index in [2.05, 4.69) is 0 Å². The molecule has 0 saturated heterocycles. The van der Waals surface area contributed by atoms with E-state index >= 15 is 0 Å². The summed E-state index contributed by atoms with van der Waals surface area (Å²) in [6.07, 6.45) is 0.942. The molecule has 0 aromatic carbocycles. The van der Waals surface area contributed by atoms with Crippen molar-refractivity contribution in [2.75, 3.05) is 6.61 Å². The Labute approximate surface area is 57.5 Å². The summed E-state index contributed by atoms with van der Waals surface area (Å²) >= 11 is 0. The minimum atomic E-state index is -1.72. The Morgan fingerprint density at radius 3 is 2.44 bits per heavy atom. The summed E-state index contributed by atoms with van der Waals surface area (Å²) in [5.74, 6) is 0. The zero-order chi connectivity index (χ0) is 7.28. The van der Waals surface area contributed by atoms with Gasteiger partial charge < -0.3 is 4.52 Å². The van der Waals surface area contributed by atoms with Crippen LogP contribution in [0.2, 0.25) is 0 Å². The largest absolute Gasteiger partial charge is 0.331 e. The maximum absolute atomic E-state index is 10.9. The lowest BCUT2D eigenvalue weighted by molar-refractivity contribution is 0.344. The summed E-state index contributed by atoms with van der Waals surface area (Å²) in [6, 6.07) is 0. The van der Waals surface area contributed by atoms with Gasteiger partial charge in [-0.1, -0.05) is 13.8 Å². The van der Waals surface area contributed by atoms with E-state index in [4.69, 9.17) is 4.52 Å². The van der Waals surface area contributed by atoms with Gasteiger partial charge in [-0.3, -0.25) is 4.57 Å². The van der Waals surface area contributed by atoms with Crippen LogP contribution in [-0.2, 0) is 9.09 Å². The fourth-order valence-electron chi connectivity index (χ4n) is 0.451. The Balaban J connectivity index is 3.46. The van der Waals surface area contributed by atoms with E-state index in [1.54, 1.807) is 0 Å². The molecule has 0 spiro atoms. The molecule has 56 valence electrons. The van der Waals surface area contributed by atoms with Crippen molar-refractivity contribution in [3.63, 3.8) is 0 Å². The van der Waals surface area contributed by atoms with Crippen molar-refractivity contribution in [1.82, 2.24) is 0 Å². The maximum atomic E-state index is 10.9. The van der Waals surface area contributed by atoms with E-state index in [0.29, 0.717) is 6.61 Å². The second-order valence-electron chi connectivity index (χ2n) is 2.06. The van der Waals surface area contributed by atoms with Gasteiger partial charge in [-0.25, -0.2) is 0 Å². The van der Waals surface area contributed by atoms with Gasteiger partial charge in [0, 0.05) is 5.66 Å². The molecule has 2 nitrogen and oxygen atoms in total. The first-order valence-corrected chi connectivity index (χ1v) is 4.78. The zero-order valence-electron chi connectivity index (χ0n) is 6.31. The quantitative estimate of drug-likeness (QED) is 0.575. The van der Waals surface area contributed by atoms with Crippen LogP contribution < -0.4 is 0 Å². The summed E-state index contributed by atoms with van der Waals surface area (Å²) < 4.78 is 15.9.